The maximum atomic E-state index is 13.0. The molecule has 1 aliphatic heterocycles. The van der Waals surface area contributed by atoms with Gasteiger partial charge in [0.25, 0.3) is 5.91 Å². The third-order valence-corrected chi connectivity index (χ3v) is 4.23. The number of fused-ring (bicyclic) bond motifs is 1. The fraction of sp³-hybridized carbons (Fsp3) is 0.100. The van der Waals surface area contributed by atoms with Crippen molar-refractivity contribution < 1.29 is 9.53 Å². The molecule has 0 spiro atoms. The molecule has 4 rings (SSSR count). The number of pyridine rings is 1. The molecule has 2 heterocycles. The van der Waals surface area contributed by atoms with Gasteiger partial charge in [-0.3, -0.25) is 14.7 Å². The lowest BCUT2D eigenvalue weighted by atomic mass is 10.2. The fourth-order valence-electron chi connectivity index (χ4n) is 3.02. The summed E-state index contributed by atoms with van der Waals surface area (Å²) in [5.74, 6) is 0.681. The minimum Gasteiger partial charge on any atom is -0.497 e. The molecule has 3 aromatic rings. The molecule has 1 N–H and O–H groups in total. The van der Waals surface area contributed by atoms with Crippen molar-refractivity contribution in [1.82, 2.24) is 4.98 Å². The molecule has 0 radical (unpaired) electrons. The highest BCUT2D eigenvalue weighted by atomic mass is 16.5. The van der Waals surface area contributed by atoms with Crippen LogP contribution in [0.5, 0.6) is 5.75 Å². The first-order valence-electron chi connectivity index (χ1n) is 8.02. The summed E-state index contributed by atoms with van der Waals surface area (Å²) >= 11 is 0. The van der Waals surface area contributed by atoms with Crippen LogP contribution in [0.15, 0.2) is 72.9 Å². The minimum absolute atomic E-state index is 0.0679. The van der Waals surface area contributed by atoms with Gasteiger partial charge >= 0.3 is 0 Å². The number of rotatable bonds is 4. The standard InChI is InChI=1S/C20H17N3O2/c1-25-16-11-9-15(10-12-16)23-19(22-14-6-3-2-4-7-14)18-17(20(23)24)8-5-13-21-18/h2-13,19,22H,1H3/t19-/m0/s1. The molecular weight excluding hydrogens is 314 g/mol. The fourth-order valence-corrected chi connectivity index (χ4v) is 3.02. The number of carbonyl (C=O) groups excluding carboxylic acids is 1. The van der Waals surface area contributed by atoms with E-state index in [4.69, 9.17) is 4.74 Å². The first-order valence-corrected chi connectivity index (χ1v) is 8.02. The zero-order chi connectivity index (χ0) is 17.2. The van der Waals surface area contributed by atoms with E-state index in [0.29, 0.717) is 5.56 Å². The summed E-state index contributed by atoms with van der Waals surface area (Å²) in [6, 6.07) is 20.9. The van der Waals surface area contributed by atoms with E-state index < -0.39 is 0 Å². The molecule has 1 aliphatic rings. The lowest BCUT2D eigenvalue weighted by molar-refractivity contribution is 0.0993. The van der Waals surface area contributed by atoms with Gasteiger partial charge in [-0.05, 0) is 48.5 Å². The summed E-state index contributed by atoms with van der Waals surface area (Å²) in [7, 11) is 1.62. The Kier molecular flexibility index (Phi) is 3.82. The second kappa shape index (κ2) is 6.28. The van der Waals surface area contributed by atoms with Gasteiger partial charge in [0.15, 0.2) is 6.17 Å². The summed E-state index contributed by atoms with van der Waals surface area (Å²) in [5, 5.41) is 3.42. The predicted molar refractivity (Wildman–Crippen MR) is 96.8 cm³/mol. The van der Waals surface area contributed by atoms with Gasteiger partial charge in [0.2, 0.25) is 0 Å². The van der Waals surface area contributed by atoms with Crippen molar-refractivity contribution in [3.8, 4) is 5.75 Å². The summed E-state index contributed by atoms with van der Waals surface area (Å²) in [4.78, 5) is 19.1. The zero-order valence-corrected chi connectivity index (χ0v) is 13.7. The topological polar surface area (TPSA) is 54.5 Å². The first kappa shape index (κ1) is 15.2. The number of nitrogens with zero attached hydrogens (tertiary/aromatic N) is 2. The molecule has 0 unspecified atom stereocenters. The molecule has 0 saturated heterocycles. The Morgan fingerprint density at radius 1 is 1.00 bits per heavy atom. The molecule has 2 aromatic carbocycles. The Morgan fingerprint density at radius 2 is 1.76 bits per heavy atom. The highest BCUT2D eigenvalue weighted by molar-refractivity contribution is 6.11. The van der Waals surface area contributed by atoms with Gasteiger partial charge < -0.3 is 10.1 Å². The number of hydrogen-bond donors (Lipinski definition) is 1. The third kappa shape index (κ3) is 2.70. The van der Waals surface area contributed by atoms with Crippen LogP contribution in [0.25, 0.3) is 0 Å². The second-order valence-corrected chi connectivity index (χ2v) is 5.72. The number of amides is 1. The van der Waals surface area contributed by atoms with E-state index in [9.17, 15) is 4.79 Å². The number of ether oxygens (including phenoxy) is 1. The lowest BCUT2D eigenvalue weighted by Gasteiger charge is -2.26. The van der Waals surface area contributed by atoms with Crippen LogP contribution in [0, 0.1) is 0 Å². The molecule has 1 aromatic heterocycles. The summed E-state index contributed by atoms with van der Waals surface area (Å²) in [5.41, 5.74) is 3.06. The van der Waals surface area contributed by atoms with Crippen LogP contribution in [0.3, 0.4) is 0 Å². The smallest absolute Gasteiger partial charge is 0.262 e. The number of hydrogen-bond acceptors (Lipinski definition) is 4. The summed E-state index contributed by atoms with van der Waals surface area (Å²) < 4.78 is 5.21. The van der Waals surface area contributed by atoms with Crippen molar-refractivity contribution in [2.45, 2.75) is 6.17 Å². The number of anilines is 2. The van der Waals surface area contributed by atoms with Gasteiger partial charge in [0, 0.05) is 17.6 Å². The monoisotopic (exact) mass is 331 g/mol. The Labute approximate surface area is 145 Å². The van der Waals surface area contributed by atoms with Crippen LogP contribution in [0.4, 0.5) is 11.4 Å². The van der Waals surface area contributed by atoms with Crippen molar-refractivity contribution in [3.05, 3.63) is 84.2 Å². The van der Waals surface area contributed by atoms with E-state index in [1.165, 1.54) is 0 Å². The summed E-state index contributed by atoms with van der Waals surface area (Å²) in [6.45, 7) is 0. The number of para-hydroxylation sites is 1. The van der Waals surface area contributed by atoms with Crippen molar-refractivity contribution in [2.75, 3.05) is 17.3 Å². The molecule has 0 fully saturated rings. The van der Waals surface area contributed by atoms with E-state index >= 15 is 0 Å². The van der Waals surface area contributed by atoms with Crippen LogP contribution < -0.4 is 15.0 Å². The Balaban J connectivity index is 1.76. The van der Waals surface area contributed by atoms with Gasteiger partial charge in [-0.15, -0.1) is 0 Å². The number of methoxy groups -OCH3 is 1. The van der Waals surface area contributed by atoms with Crippen LogP contribution in [0.1, 0.15) is 22.2 Å². The second-order valence-electron chi connectivity index (χ2n) is 5.72. The predicted octanol–water partition coefficient (Wildman–Crippen LogP) is 3.86. The third-order valence-electron chi connectivity index (χ3n) is 4.23. The normalized spacial score (nSPS) is 15.8. The average molecular weight is 331 g/mol. The van der Waals surface area contributed by atoms with E-state index in [1.807, 2.05) is 60.7 Å². The van der Waals surface area contributed by atoms with Crippen LogP contribution in [-0.2, 0) is 0 Å². The molecule has 5 heteroatoms. The first-order chi connectivity index (χ1) is 12.3. The molecule has 0 bridgehead atoms. The highest BCUT2D eigenvalue weighted by Crippen LogP contribution is 2.37. The number of aromatic nitrogens is 1. The highest BCUT2D eigenvalue weighted by Gasteiger charge is 2.38. The van der Waals surface area contributed by atoms with Crippen LogP contribution in [-0.4, -0.2) is 18.0 Å². The molecular formula is C20H17N3O2. The molecule has 1 amide bonds. The molecule has 25 heavy (non-hydrogen) atoms. The quantitative estimate of drug-likeness (QED) is 0.789. The SMILES string of the molecule is COc1ccc(N2C(=O)c3cccnc3[C@H]2Nc2ccccc2)cc1. The Hall–Kier alpha value is -3.34. The lowest BCUT2D eigenvalue weighted by Crippen LogP contribution is -2.32. The van der Waals surface area contributed by atoms with Gasteiger partial charge in [-0.25, -0.2) is 0 Å². The molecule has 0 saturated carbocycles. The van der Waals surface area contributed by atoms with Crippen LogP contribution in [0.2, 0.25) is 0 Å². The van der Waals surface area contributed by atoms with Gasteiger partial charge in [0.1, 0.15) is 5.75 Å². The van der Waals surface area contributed by atoms with E-state index in [-0.39, 0.29) is 12.1 Å². The van der Waals surface area contributed by atoms with E-state index in [2.05, 4.69) is 10.3 Å². The van der Waals surface area contributed by atoms with Crippen molar-refractivity contribution in [3.63, 3.8) is 0 Å². The maximum Gasteiger partial charge on any atom is 0.262 e. The van der Waals surface area contributed by atoms with Crippen molar-refractivity contribution >= 4 is 17.3 Å². The van der Waals surface area contributed by atoms with Gasteiger partial charge in [0.05, 0.1) is 18.4 Å². The van der Waals surface area contributed by atoms with Crippen molar-refractivity contribution in [1.29, 1.82) is 0 Å². The number of nitrogens with one attached hydrogen (secondary N) is 1. The maximum absolute atomic E-state index is 13.0. The molecule has 124 valence electrons. The molecule has 5 nitrogen and oxygen atoms in total. The molecule has 0 aliphatic carbocycles. The molecule has 1 atom stereocenters. The van der Waals surface area contributed by atoms with Crippen molar-refractivity contribution in [2.24, 2.45) is 0 Å². The average Bonchev–Trinajstić information content (AvgIpc) is 2.95. The van der Waals surface area contributed by atoms with Crippen LogP contribution >= 0.6 is 0 Å². The largest absolute Gasteiger partial charge is 0.497 e. The van der Waals surface area contributed by atoms with E-state index in [0.717, 1.165) is 22.8 Å². The van der Waals surface area contributed by atoms with Gasteiger partial charge in [-0.1, -0.05) is 18.2 Å². The Morgan fingerprint density at radius 3 is 2.48 bits per heavy atom. The summed E-state index contributed by atoms with van der Waals surface area (Å²) in [6.07, 6.45) is 1.35. The van der Waals surface area contributed by atoms with Gasteiger partial charge in [-0.2, -0.15) is 0 Å². The Bertz CT molecular complexity index is 894. The zero-order valence-electron chi connectivity index (χ0n) is 13.7. The number of benzene rings is 2. The number of carbonyl (C=O) groups is 1. The minimum atomic E-state index is -0.362. The van der Waals surface area contributed by atoms with E-state index in [1.54, 1.807) is 24.3 Å².